The molecule has 9 nitrogen and oxygen atoms in total. The smallest absolute Gasteiger partial charge is 0.418 e. The number of esters is 1. The van der Waals surface area contributed by atoms with Crippen molar-refractivity contribution >= 4 is 35.0 Å². The molecule has 0 aromatic heterocycles. The number of carbonyl (C=O) groups is 3. The van der Waals surface area contributed by atoms with Gasteiger partial charge in [-0.15, -0.1) is 0 Å². The van der Waals surface area contributed by atoms with E-state index < -0.39 is 29.6 Å². The largest absolute Gasteiger partial charge is 0.467 e. The van der Waals surface area contributed by atoms with Crippen molar-refractivity contribution in [2.75, 3.05) is 26.1 Å². The lowest BCUT2D eigenvalue weighted by Crippen LogP contribution is -2.53. The lowest BCUT2D eigenvalue weighted by atomic mass is 9.97. The summed E-state index contributed by atoms with van der Waals surface area (Å²) in [6.45, 7) is 8.71. The zero-order valence-corrected chi connectivity index (χ0v) is 22.3. The topological polar surface area (TPSA) is 101 Å². The number of hydrogen-bond donors (Lipinski definition) is 0. The van der Waals surface area contributed by atoms with Crippen molar-refractivity contribution in [3.8, 4) is 0 Å². The summed E-state index contributed by atoms with van der Waals surface area (Å²) in [6.07, 6.45) is -0.385. The van der Waals surface area contributed by atoms with Gasteiger partial charge in [-0.05, 0) is 69.2 Å². The van der Waals surface area contributed by atoms with Crippen LogP contribution >= 0.6 is 0 Å². The lowest BCUT2D eigenvalue weighted by Gasteiger charge is -2.33. The molecule has 0 aliphatic heterocycles. The summed E-state index contributed by atoms with van der Waals surface area (Å²) in [7, 11) is 5.12. The molecule has 0 aliphatic carbocycles. The molecule has 0 saturated heterocycles. The maximum atomic E-state index is 13.6. The Bertz CT molecular complexity index is 1090. The highest BCUT2D eigenvalue weighted by Crippen LogP contribution is 2.25. The third kappa shape index (κ3) is 7.63. The van der Waals surface area contributed by atoms with E-state index in [1.54, 1.807) is 45.9 Å². The number of amides is 2. The van der Waals surface area contributed by atoms with Crippen LogP contribution in [0.25, 0.3) is 0 Å². The summed E-state index contributed by atoms with van der Waals surface area (Å²) < 4.78 is 10.4. The molecule has 2 aromatic carbocycles. The number of carbonyl (C=O) groups excluding carboxylic acids is 3. The van der Waals surface area contributed by atoms with Crippen LogP contribution in [-0.4, -0.2) is 55.7 Å². The molecular formula is C27H36N4O5. The second kappa shape index (κ2) is 12.3. The third-order valence-corrected chi connectivity index (χ3v) is 5.45. The van der Waals surface area contributed by atoms with E-state index in [2.05, 4.69) is 10.2 Å². The van der Waals surface area contributed by atoms with Gasteiger partial charge in [0.1, 0.15) is 11.6 Å². The Morgan fingerprint density at radius 1 is 0.972 bits per heavy atom. The SMILES string of the molecule is CC[C@H](C)[C@@H](C(=O)OC)N(C(=O)OC(C)(C)C)C(=O)c1cccc(N=Nc2ccc(N(C)C)cc2)c1. The van der Waals surface area contributed by atoms with E-state index in [9.17, 15) is 14.4 Å². The van der Waals surface area contributed by atoms with Gasteiger partial charge in [0.2, 0.25) is 0 Å². The van der Waals surface area contributed by atoms with Gasteiger partial charge in [0.25, 0.3) is 5.91 Å². The standard InChI is InChI=1S/C27H36N4O5/c1-9-18(2)23(25(33)35-8)31(26(34)36-27(3,4)5)24(32)19-11-10-12-21(17-19)29-28-20-13-15-22(16-14-20)30(6)7/h10-18,23H,9H2,1-8H3/t18-,23-/m0/s1. The van der Waals surface area contributed by atoms with Crippen LogP contribution in [-0.2, 0) is 14.3 Å². The molecule has 0 unspecified atom stereocenters. The fraction of sp³-hybridized carbons (Fsp3) is 0.444. The molecule has 2 aromatic rings. The molecule has 0 N–H and O–H groups in total. The summed E-state index contributed by atoms with van der Waals surface area (Å²) in [5.41, 5.74) is 1.39. The summed E-state index contributed by atoms with van der Waals surface area (Å²) in [4.78, 5) is 42.3. The van der Waals surface area contributed by atoms with Gasteiger partial charge >= 0.3 is 12.1 Å². The Hall–Kier alpha value is -3.75. The van der Waals surface area contributed by atoms with E-state index in [4.69, 9.17) is 9.47 Å². The molecule has 0 spiro atoms. The normalized spacial score (nSPS) is 13.1. The predicted octanol–water partition coefficient (Wildman–Crippen LogP) is 6.13. The fourth-order valence-electron chi connectivity index (χ4n) is 3.34. The molecule has 2 amide bonds. The number of azo groups is 1. The first-order valence-corrected chi connectivity index (χ1v) is 11.8. The van der Waals surface area contributed by atoms with Crippen LogP contribution in [0.4, 0.5) is 21.9 Å². The first-order chi connectivity index (χ1) is 16.9. The van der Waals surface area contributed by atoms with E-state index in [0.29, 0.717) is 17.8 Å². The van der Waals surface area contributed by atoms with Crippen molar-refractivity contribution in [1.82, 2.24) is 4.90 Å². The molecule has 36 heavy (non-hydrogen) atoms. The summed E-state index contributed by atoms with van der Waals surface area (Å²) in [5.74, 6) is -1.74. The zero-order chi connectivity index (χ0) is 27.0. The number of rotatable bonds is 8. The molecule has 194 valence electrons. The average molecular weight is 497 g/mol. The number of nitrogens with zero attached hydrogens (tertiary/aromatic N) is 4. The van der Waals surface area contributed by atoms with Crippen LogP contribution in [0.5, 0.6) is 0 Å². The molecule has 0 aliphatic rings. The highest BCUT2D eigenvalue weighted by Gasteiger charge is 2.41. The Morgan fingerprint density at radius 2 is 1.58 bits per heavy atom. The summed E-state index contributed by atoms with van der Waals surface area (Å²) in [5, 5.41) is 8.48. The van der Waals surface area contributed by atoms with E-state index in [0.717, 1.165) is 10.6 Å². The minimum Gasteiger partial charge on any atom is -0.467 e. The van der Waals surface area contributed by atoms with Crippen LogP contribution in [0, 0.1) is 5.92 Å². The highest BCUT2D eigenvalue weighted by molar-refractivity contribution is 6.06. The first-order valence-electron chi connectivity index (χ1n) is 11.8. The summed E-state index contributed by atoms with van der Waals surface area (Å²) >= 11 is 0. The Morgan fingerprint density at radius 3 is 2.11 bits per heavy atom. The maximum absolute atomic E-state index is 13.6. The van der Waals surface area contributed by atoms with Crippen molar-refractivity contribution in [2.45, 2.75) is 52.7 Å². The van der Waals surface area contributed by atoms with Gasteiger partial charge in [0, 0.05) is 25.3 Å². The fourth-order valence-corrected chi connectivity index (χ4v) is 3.34. The minimum atomic E-state index is -1.15. The van der Waals surface area contributed by atoms with E-state index in [1.807, 2.05) is 50.2 Å². The van der Waals surface area contributed by atoms with Crippen molar-refractivity contribution in [3.63, 3.8) is 0 Å². The van der Waals surface area contributed by atoms with Gasteiger partial charge in [-0.25, -0.2) is 14.5 Å². The van der Waals surface area contributed by atoms with E-state index in [-0.39, 0.29) is 11.5 Å². The van der Waals surface area contributed by atoms with Gasteiger partial charge in [-0.1, -0.05) is 26.3 Å². The first kappa shape index (κ1) is 28.5. The quantitative estimate of drug-likeness (QED) is 0.322. The Balaban J connectivity index is 2.42. The van der Waals surface area contributed by atoms with E-state index in [1.165, 1.54) is 13.2 Å². The number of benzene rings is 2. The van der Waals surface area contributed by atoms with Crippen molar-refractivity contribution < 1.29 is 23.9 Å². The van der Waals surface area contributed by atoms with Crippen LogP contribution in [0.1, 0.15) is 51.4 Å². The molecule has 0 radical (unpaired) electrons. The second-order valence-corrected chi connectivity index (χ2v) is 9.67. The number of ether oxygens (including phenoxy) is 2. The van der Waals surface area contributed by atoms with Crippen LogP contribution < -0.4 is 4.90 Å². The van der Waals surface area contributed by atoms with Crippen molar-refractivity contribution in [2.24, 2.45) is 16.1 Å². The molecule has 2 rings (SSSR count). The predicted molar refractivity (Wildman–Crippen MR) is 139 cm³/mol. The number of imide groups is 1. The maximum Gasteiger partial charge on any atom is 0.418 e. The monoisotopic (exact) mass is 496 g/mol. The molecule has 0 heterocycles. The average Bonchev–Trinajstić information content (AvgIpc) is 2.83. The molecule has 0 fully saturated rings. The van der Waals surface area contributed by atoms with Crippen LogP contribution in [0.15, 0.2) is 58.8 Å². The third-order valence-electron chi connectivity index (χ3n) is 5.45. The Kier molecular flexibility index (Phi) is 9.72. The molecular weight excluding hydrogens is 460 g/mol. The Labute approximate surface area is 213 Å². The number of methoxy groups -OCH3 is 1. The molecule has 2 atom stereocenters. The van der Waals surface area contributed by atoms with Crippen molar-refractivity contribution in [1.29, 1.82) is 0 Å². The number of hydrogen-bond acceptors (Lipinski definition) is 8. The molecule has 9 heteroatoms. The van der Waals surface area contributed by atoms with Gasteiger partial charge < -0.3 is 14.4 Å². The lowest BCUT2D eigenvalue weighted by molar-refractivity contribution is -0.147. The highest BCUT2D eigenvalue weighted by atomic mass is 16.6. The van der Waals surface area contributed by atoms with Crippen molar-refractivity contribution in [3.05, 3.63) is 54.1 Å². The molecule has 0 bridgehead atoms. The van der Waals surface area contributed by atoms with Gasteiger partial charge in [-0.3, -0.25) is 4.79 Å². The van der Waals surface area contributed by atoms with Gasteiger partial charge in [0.05, 0.1) is 18.5 Å². The summed E-state index contributed by atoms with van der Waals surface area (Å²) in [6, 6.07) is 12.8. The van der Waals surface area contributed by atoms with Gasteiger partial charge in [0.15, 0.2) is 0 Å². The zero-order valence-electron chi connectivity index (χ0n) is 22.3. The number of anilines is 1. The minimum absolute atomic E-state index is 0.164. The second-order valence-electron chi connectivity index (χ2n) is 9.67. The van der Waals surface area contributed by atoms with Crippen LogP contribution in [0.3, 0.4) is 0 Å². The van der Waals surface area contributed by atoms with E-state index >= 15 is 0 Å². The molecule has 0 saturated carbocycles. The van der Waals surface area contributed by atoms with Crippen LogP contribution in [0.2, 0.25) is 0 Å². The van der Waals surface area contributed by atoms with Gasteiger partial charge in [-0.2, -0.15) is 10.2 Å².